The Labute approximate surface area is 400 Å². The molecule has 2 aromatic carbocycles. The number of carbonyl (C=O) groups excluding carboxylic acids is 4. The Hall–Kier alpha value is -5.78. The molecule has 68 heavy (non-hydrogen) atoms. The van der Waals surface area contributed by atoms with Crippen molar-refractivity contribution >= 4 is 46.1 Å². The molecule has 3 aromatic heterocycles. The van der Waals surface area contributed by atoms with Gasteiger partial charge in [0.2, 0.25) is 11.8 Å². The number of rotatable bonds is 11. The van der Waals surface area contributed by atoms with Crippen molar-refractivity contribution in [2.75, 3.05) is 40.5 Å². The van der Waals surface area contributed by atoms with Gasteiger partial charge in [0, 0.05) is 23.4 Å². The SMILES string of the molecule is COC(=O)N[C@H](C(=O)N1CC2(C[C@H]1c1ncc(-c3sc(-c4ccc5cc(-c6cnc([C@@H]7CCCN7C(=O)[C@H](NC(=O)OC)C(C)C)[nH]6)ccc5c4)c4c3CC3(CCCC3)C4)[nH]1)OCCO2)C(C)C. The van der Waals surface area contributed by atoms with Crippen LogP contribution in [0.25, 0.3) is 43.0 Å². The molecule has 5 aromatic rings. The molecule has 0 radical (unpaired) electrons. The topological polar surface area (TPSA) is 193 Å². The highest BCUT2D eigenvalue weighted by Gasteiger charge is 2.53. The van der Waals surface area contributed by atoms with Crippen molar-refractivity contribution < 1.29 is 38.1 Å². The summed E-state index contributed by atoms with van der Waals surface area (Å²) < 4.78 is 22.0. The maximum atomic E-state index is 14.3. The van der Waals surface area contributed by atoms with Gasteiger partial charge < -0.3 is 49.3 Å². The van der Waals surface area contributed by atoms with Crippen molar-refractivity contribution in [1.29, 1.82) is 0 Å². The third kappa shape index (κ3) is 8.44. The average molecular weight is 947 g/mol. The van der Waals surface area contributed by atoms with Gasteiger partial charge in [-0.25, -0.2) is 19.6 Å². The lowest BCUT2D eigenvalue weighted by Crippen LogP contribution is -2.52. The average Bonchev–Trinajstić information content (AvgIpc) is 4.19. The van der Waals surface area contributed by atoms with E-state index in [1.807, 2.05) is 56.3 Å². The Morgan fingerprint density at radius 2 is 1.29 bits per heavy atom. The van der Waals surface area contributed by atoms with Crippen molar-refractivity contribution in [1.82, 2.24) is 40.4 Å². The summed E-state index contributed by atoms with van der Waals surface area (Å²) in [5.41, 5.74) is 7.10. The van der Waals surface area contributed by atoms with Crippen LogP contribution in [0, 0.1) is 17.3 Å². The van der Waals surface area contributed by atoms with Gasteiger partial charge in [-0.2, -0.15) is 0 Å². The second kappa shape index (κ2) is 18.3. The third-order valence-corrected chi connectivity index (χ3v) is 16.4. The summed E-state index contributed by atoms with van der Waals surface area (Å²) in [5.74, 6) is -0.217. The number of aromatic nitrogens is 4. The lowest BCUT2D eigenvalue weighted by atomic mass is 9.83. The summed E-state index contributed by atoms with van der Waals surface area (Å²) in [4.78, 5) is 75.5. The van der Waals surface area contributed by atoms with Crippen molar-refractivity contribution in [3.63, 3.8) is 0 Å². The van der Waals surface area contributed by atoms with Gasteiger partial charge in [0.25, 0.3) is 0 Å². The van der Waals surface area contributed by atoms with Crippen LogP contribution < -0.4 is 10.6 Å². The number of nitrogens with one attached hydrogen (secondary N) is 4. The van der Waals surface area contributed by atoms with E-state index in [0.29, 0.717) is 32.0 Å². The highest BCUT2D eigenvalue weighted by Crippen LogP contribution is 2.56. The van der Waals surface area contributed by atoms with Crippen LogP contribution in [0.15, 0.2) is 48.8 Å². The Balaban J connectivity index is 0.926. The quantitative estimate of drug-likeness (QED) is 0.0999. The van der Waals surface area contributed by atoms with E-state index in [9.17, 15) is 19.2 Å². The summed E-state index contributed by atoms with van der Waals surface area (Å²) in [6.07, 6.45) is 11.6. The van der Waals surface area contributed by atoms with Crippen LogP contribution in [-0.4, -0.2) is 112 Å². The summed E-state index contributed by atoms with van der Waals surface area (Å²) >= 11 is 1.81. The standard InChI is InChI=1S/C51H62N8O8S/c1-28(2)40(56-48(62)64-5)46(60)58-17-9-10-38(58)44-52-25-36(54-44)32-13-11-31-21-33(14-12-30(31)20-32)42-34-22-50(15-7-8-16-50)23-35(34)43(68-42)37-26-53-45(55-37)39-24-51(66-18-19-67-51)27-59(39)47(61)41(29(3)4)57-49(63)65-6/h11-14,20-21,25-26,28-29,38-41H,7-10,15-19,22-24,27H2,1-6H3,(H,52,54)(H,53,55)(H,56,62)(H,57,63)/t38-,39-,40+,41-/m0/s1. The Kier molecular flexibility index (Phi) is 12.4. The van der Waals surface area contributed by atoms with Gasteiger partial charge in [-0.3, -0.25) is 9.59 Å². The number of H-pyrrole nitrogens is 2. The highest BCUT2D eigenvalue weighted by molar-refractivity contribution is 7.19. The van der Waals surface area contributed by atoms with Gasteiger partial charge in [-0.1, -0.05) is 64.8 Å². The molecule has 16 nitrogen and oxygen atoms in total. The molecule has 5 aliphatic rings. The fraction of sp³-hybridized carbons (Fsp3) is 0.529. The zero-order valence-corrected chi connectivity index (χ0v) is 40.6. The van der Waals surface area contributed by atoms with Crippen molar-refractivity contribution in [2.24, 2.45) is 17.3 Å². The number of hydrogen-bond donors (Lipinski definition) is 4. The molecule has 17 heteroatoms. The molecule has 6 heterocycles. The van der Waals surface area contributed by atoms with Crippen molar-refractivity contribution in [3.8, 4) is 32.3 Å². The predicted octanol–water partition coefficient (Wildman–Crippen LogP) is 8.45. The number of amides is 4. The molecule has 3 aliphatic heterocycles. The smallest absolute Gasteiger partial charge is 0.407 e. The molecular formula is C51H62N8O8S. The molecule has 4 fully saturated rings. The molecule has 4 amide bonds. The van der Waals surface area contributed by atoms with Gasteiger partial charge in [-0.15, -0.1) is 11.3 Å². The van der Waals surface area contributed by atoms with Crippen LogP contribution in [0.1, 0.15) is 108 Å². The first-order chi connectivity index (χ1) is 32.8. The summed E-state index contributed by atoms with van der Waals surface area (Å²) in [5, 5.41) is 7.72. The number of benzene rings is 2. The number of methoxy groups -OCH3 is 2. The van der Waals surface area contributed by atoms with Crippen LogP contribution in [-0.2, 0) is 41.4 Å². The maximum absolute atomic E-state index is 14.3. The monoisotopic (exact) mass is 946 g/mol. The molecular weight excluding hydrogens is 885 g/mol. The fourth-order valence-corrected chi connectivity index (χ4v) is 12.8. The van der Waals surface area contributed by atoms with E-state index in [4.69, 9.17) is 28.9 Å². The molecule has 2 aliphatic carbocycles. The number of imidazole rings is 2. The number of alkyl carbamates (subject to hydrolysis) is 2. The number of carbonyl (C=O) groups is 4. The van der Waals surface area contributed by atoms with E-state index in [0.717, 1.165) is 59.2 Å². The summed E-state index contributed by atoms with van der Waals surface area (Å²) in [6, 6.07) is 11.1. The lowest BCUT2D eigenvalue weighted by Gasteiger charge is -2.30. The van der Waals surface area contributed by atoms with Gasteiger partial charge in [0.1, 0.15) is 23.7 Å². The third-order valence-electron chi connectivity index (χ3n) is 15.1. The maximum Gasteiger partial charge on any atom is 0.407 e. The predicted molar refractivity (Wildman–Crippen MR) is 256 cm³/mol. The zero-order chi connectivity index (χ0) is 47.5. The fourth-order valence-electron chi connectivity index (χ4n) is 11.5. The van der Waals surface area contributed by atoms with Gasteiger partial charge in [0.15, 0.2) is 5.79 Å². The molecule has 1 saturated carbocycles. The van der Waals surface area contributed by atoms with Gasteiger partial charge >= 0.3 is 12.2 Å². The molecule has 10 rings (SSSR count). The number of likely N-dealkylation sites (tertiary alicyclic amines) is 2. The number of ether oxygens (including phenoxy) is 4. The van der Waals surface area contributed by atoms with Gasteiger partial charge in [0.05, 0.1) is 74.7 Å². The Morgan fingerprint density at radius 1 is 0.735 bits per heavy atom. The largest absolute Gasteiger partial charge is 0.453 e. The van der Waals surface area contributed by atoms with Crippen LogP contribution in [0.5, 0.6) is 0 Å². The number of thiophene rings is 1. The van der Waals surface area contributed by atoms with Crippen LogP contribution in [0.4, 0.5) is 9.59 Å². The normalized spacial score (nSPS) is 21.4. The van der Waals surface area contributed by atoms with Crippen LogP contribution >= 0.6 is 11.3 Å². The van der Waals surface area contributed by atoms with E-state index >= 15 is 0 Å². The molecule has 2 spiro atoms. The minimum Gasteiger partial charge on any atom is -0.453 e. The highest BCUT2D eigenvalue weighted by atomic mass is 32.1. The number of nitrogens with zero attached hydrogens (tertiary/aromatic N) is 4. The zero-order valence-electron chi connectivity index (χ0n) is 39.7. The molecule has 360 valence electrons. The number of hydrogen-bond acceptors (Lipinski definition) is 11. The lowest BCUT2D eigenvalue weighted by molar-refractivity contribution is -0.153. The molecule has 0 unspecified atom stereocenters. The minimum absolute atomic E-state index is 0.113. The summed E-state index contributed by atoms with van der Waals surface area (Å²) in [7, 11) is 2.59. The van der Waals surface area contributed by atoms with Crippen LogP contribution in [0.2, 0.25) is 0 Å². The molecule has 4 atom stereocenters. The van der Waals surface area contributed by atoms with E-state index in [2.05, 4.69) is 57.0 Å². The number of fused-ring (bicyclic) bond motifs is 2. The second-order valence-corrected chi connectivity index (χ2v) is 21.1. The molecule has 4 N–H and O–H groups in total. The van der Waals surface area contributed by atoms with Gasteiger partial charge in [-0.05, 0) is 95.4 Å². The number of aromatic amines is 2. The van der Waals surface area contributed by atoms with E-state index < -0.39 is 36.1 Å². The molecule has 0 bridgehead atoms. The van der Waals surface area contributed by atoms with Crippen molar-refractivity contribution in [2.45, 2.75) is 115 Å². The van der Waals surface area contributed by atoms with E-state index in [-0.39, 0.29) is 41.7 Å². The first-order valence-electron chi connectivity index (χ1n) is 24.2. The second-order valence-electron chi connectivity index (χ2n) is 20.1. The van der Waals surface area contributed by atoms with Crippen LogP contribution in [0.3, 0.4) is 0 Å². The Morgan fingerprint density at radius 3 is 1.93 bits per heavy atom. The summed E-state index contributed by atoms with van der Waals surface area (Å²) in [6.45, 7) is 9.34. The Bertz CT molecular complexity index is 2730. The van der Waals surface area contributed by atoms with E-state index in [1.54, 1.807) is 4.90 Å². The van der Waals surface area contributed by atoms with E-state index in [1.165, 1.54) is 66.3 Å². The minimum atomic E-state index is -0.937. The molecule has 3 saturated heterocycles. The first kappa shape index (κ1) is 46.0. The van der Waals surface area contributed by atoms with Crippen molar-refractivity contribution in [3.05, 3.63) is 71.6 Å². The first-order valence-corrected chi connectivity index (χ1v) is 25.0.